The van der Waals surface area contributed by atoms with E-state index in [-0.39, 0.29) is 51.5 Å². The number of non-ortho nitro benzene ring substituents is 1. The van der Waals surface area contributed by atoms with Crippen molar-refractivity contribution in [3.8, 4) is 23.0 Å². The van der Waals surface area contributed by atoms with Crippen LogP contribution in [0.4, 0.5) is 5.69 Å². The molecule has 0 saturated carbocycles. The van der Waals surface area contributed by atoms with Crippen molar-refractivity contribution in [2.45, 2.75) is 0 Å². The van der Waals surface area contributed by atoms with Crippen LogP contribution in [0, 0.1) is 10.1 Å². The van der Waals surface area contributed by atoms with E-state index in [9.17, 15) is 25.1 Å². The molecule has 0 atom stereocenters. The molecular formula is C17H11NO8. The second-order valence-corrected chi connectivity index (χ2v) is 5.58. The summed E-state index contributed by atoms with van der Waals surface area (Å²) < 4.78 is 15.8. The summed E-state index contributed by atoms with van der Waals surface area (Å²) in [6, 6.07) is 5.39. The fourth-order valence-electron chi connectivity index (χ4n) is 3.20. The van der Waals surface area contributed by atoms with E-state index in [1.165, 1.54) is 19.2 Å². The highest BCUT2D eigenvalue weighted by Gasteiger charge is 2.30. The van der Waals surface area contributed by atoms with Gasteiger partial charge >= 0.3 is 5.97 Å². The number of methoxy groups -OCH3 is 1. The second-order valence-electron chi connectivity index (χ2n) is 5.58. The number of nitrogens with zero attached hydrogens (tertiary/aromatic N) is 1. The van der Waals surface area contributed by atoms with Crippen LogP contribution in [0.1, 0.15) is 10.4 Å². The molecule has 9 heteroatoms. The lowest BCUT2D eigenvalue weighted by atomic mass is 9.94. The molecule has 3 aromatic carbocycles. The smallest absolute Gasteiger partial charge is 0.336 e. The number of carboxylic acids is 1. The van der Waals surface area contributed by atoms with Crippen LogP contribution in [0.3, 0.4) is 0 Å². The van der Waals surface area contributed by atoms with Gasteiger partial charge in [0.15, 0.2) is 23.0 Å². The monoisotopic (exact) mass is 357 g/mol. The van der Waals surface area contributed by atoms with Crippen LogP contribution in [0.15, 0.2) is 24.3 Å². The van der Waals surface area contributed by atoms with Crippen LogP contribution in [0.25, 0.3) is 21.5 Å². The number of fused-ring (bicyclic) bond motifs is 5. The molecule has 0 unspecified atom stereocenters. The molecule has 0 aliphatic carbocycles. The maximum absolute atomic E-state index is 11.7. The minimum Gasteiger partial charge on any atom is -0.504 e. The van der Waals surface area contributed by atoms with Gasteiger partial charge < -0.3 is 24.4 Å². The molecule has 0 fully saturated rings. The lowest BCUT2D eigenvalue weighted by Gasteiger charge is -2.13. The molecule has 1 aliphatic rings. The number of nitro groups is 1. The molecule has 0 aromatic heterocycles. The molecule has 1 heterocycles. The number of hydrogen-bond acceptors (Lipinski definition) is 7. The summed E-state index contributed by atoms with van der Waals surface area (Å²) in [5, 5.41) is 32.2. The summed E-state index contributed by atoms with van der Waals surface area (Å²) in [6.07, 6.45) is 0. The van der Waals surface area contributed by atoms with Crippen LogP contribution in [0.5, 0.6) is 23.0 Å². The molecule has 0 spiro atoms. The number of ether oxygens (including phenoxy) is 3. The number of phenols is 1. The minimum absolute atomic E-state index is 0.0937. The molecule has 9 nitrogen and oxygen atoms in total. The van der Waals surface area contributed by atoms with Gasteiger partial charge in [0.1, 0.15) is 0 Å². The average molecular weight is 357 g/mol. The molecule has 0 bridgehead atoms. The molecule has 4 rings (SSSR count). The molecule has 3 aromatic rings. The van der Waals surface area contributed by atoms with E-state index in [0.29, 0.717) is 5.39 Å². The number of benzene rings is 3. The van der Waals surface area contributed by atoms with Crippen molar-refractivity contribution in [2.75, 3.05) is 13.9 Å². The fraction of sp³-hybridized carbons (Fsp3) is 0.118. The van der Waals surface area contributed by atoms with Crippen molar-refractivity contribution < 1.29 is 34.1 Å². The largest absolute Gasteiger partial charge is 0.504 e. The van der Waals surface area contributed by atoms with Gasteiger partial charge in [0, 0.05) is 16.8 Å². The zero-order chi connectivity index (χ0) is 18.6. The van der Waals surface area contributed by atoms with E-state index in [2.05, 4.69) is 0 Å². The summed E-state index contributed by atoms with van der Waals surface area (Å²) in [5.41, 5.74) is -0.750. The van der Waals surface area contributed by atoms with E-state index < -0.39 is 16.6 Å². The summed E-state index contributed by atoms with van der Waals surface area (Å²) in [7, 11) is 1.35. The first-order chi connectivity index (χ1) is 12.4. The van der Waals surface area contributed by atoms with Crippen molar-refractivity contribution in [3.63, 3.8) is 0 Å². The number of rotatable bonds is 3. The normalized spacial score (nSPS) is 12.5. The summed E-state index contributed by atoms with van der Waals surface area (Å²) in [6.45, 7) is -0.139. The van der Waals surface area contributed by atoms with E-state index in [4.69, 9.17) is 14.2 Å². The molecule has 0 radical (unpaired) electrons. The van der Waals surface area contributed by atoms with Crippen molar-refractivity contribution in [3.05, 3.63) is 39.9 Å². The van der Waals surface area contributed by atoms with Crippen molar-refractivity contribution in [1.29, 1.82) is 0 Å². The first kappa shape index (κ1) is 15.8. The second kappa shape index (κ2) is 5.38. The van der Waals surface area contributed by atoms with Gasteiger partial charge in [-0.1, -0.05) is 0 Å². The predicted octanol–water partition coefficient (Wildman–Crippen LogP) is 3.04. The Morgan fingerprint density at radius 3 is 2.65 bits per heavy atom. The van der Waals surface area contributed by atoms with Gasteiger partial charge in [-0.25, -0.2) is 4.79 Å². The van der Waals surface area contributed by atoms with Gasteiger partial charge in [-0.3, -0.25) is 10.1 Å². The number of aromatic hydroxyl groups is 1. The molecular weight excluding hydrogens is 346 g/mol. The Morgan fingerprint density at radius 1 is 1.23 bits per heavy atom. The molecule has 26 heavy (non-hydrogen) atoms. The maximum atomic E-state index is 11.7. The number of nitro benzene ring substituents is 1. The number of aromatic carboxylic acids is 1. The number of carbonyl (C=O) groups is 1. The third kappa shape index (κ3) is 2.00. The SMILES string of the molecule is COc1ccc2c(cc([N+](=O)[O-])c3c(C(=O)O)cc4c(c32)OCO4)c1O. The quantitative estimate of drug-likeness (QED) is 0.416. The first-order valence-corrected chi connectivity index (χ1v) is 7.40. The molecule has 1 aliphatic heterocycles. The van der Waals surface area contributed by atoms with Gasteiger partial charge in [-0.05, 0) is 23.6 Å². The lowest BCUT2D eigenvalue weighted by Crippen LogP contribution is -2.02. The number of phenolic OH excluding ortho intramolecular Hbond substituents is 1. The zero-order valence-electron chi connectivity index (χ0n) is 13.3. The maximum Gasteiger partial charge on any atom is 0.336 e. The summed E-state index contributed by atoms with van der Waals surface area (Å²) >= 11 is 0. The topological polar surface area (TPSA) is 128 Å². The molecule has 0 saturated heterocycles. The van der Waals surface area contributed by atoms with E-state index in [1.807, 2.05) is 0 Å². The Kier molecular flexibility index (Phi) is 3.26. The van der Waals surface area contributed by atoms with Crippen LogP contribution in [0.2, 0.25) is 0 Å². The highest BCUT2D eigenvalue weighted by molar-refractivity contribution is 6.22. The standard InChI is InChI=1S/C17H11NO8/c1-24-11-3-2-7-8(15(11)19)4-10(18(22)23)13-9(17(20)21)5-12-16(14(7)13)26-6-25-12/h2-5,19H,6H2,1H3,(H,20,21). The Labute approximate surface area is 145 Å². The third-order valence-electron chi connectivity index (χ3n) is 4.30. The van der Waals surface area contributed by atoms with Crippen molar-refractivity contribution >= 4 is 33.2 Å². The first-order valence-electron chi connectivity index (χ1n) is 7.40. The van der Waals surface area contributed by atoms with Gasteiger partial charge in [0.05, 0.1) is 23.0 Å². The van der Waals surface area contributed by atoms with Crippen molar-refractivity contribution in [2.24, 2.45) is 0 Å². The van der Waals surface area contributed by atoms with Crippen LogP contribution >= 0.6 is 0 Å². The van der Waals surface area contributed by atoms with Crippen LogP contribution < -0.4 is 14.2 Å². The average Bonchev–Trinajstić information content (AvgIpc) is 3.08. The van der Waals surface area contributed by atoms with Crippen LogP contribution in [-0.4, -0.2) is 35.0 Å². The zero-order valence-corrected chi connectivity index (χ0v) is 13.3. The highest BCUT2D eigenvalue weighted by atomic mass is 16.7. The number of carboxylic acid groups (broad SMARTS) is 1. The van der Waals surface area contributed by atoms with Gasteiger partial charge in [0.25, 0.3) is 5.69 Å². The van der Waals surface area contributed by atoms with E-state index in [0.717, 1.165) is 6.07 Å². The Balaban J connectivity index is 2.32. The Morgan fingerprint density at radius 2 is 2.00 bits per heavy atom. The summed E-state index contributed by atoms with van der Waals surface area (Å²) in [5.74, 6) is -1.12. The molecule has 2 N–H and O–H groups in total. The minimum atomic E-state index is -1.34. The Hall–Kier alpha value is -3.75. The molecule has 0 amide bonds. The third-order valence-corrected chi connectivity index (χ3v) is 4.30. The fourth-order valence-corrected chi connectivity index (χ4v) is 3.20. The highest BCUT2D eigenvalue weighted by Crippen LogP contribution is 2.50. The van der Waals surface area contributed by atoms with Gasteiger partial charge in [-0.2, -0.15) is 0 Å². The predicted molar refractivity (Wildman–Crippen MR) is 89.4 cm³/mol. The van der Waals surface area contributed by atoms with Gasteiger partial charge in [0.2, 0.25) is 6.79 Å². The lowest BCUT2D eigenvalue weighted by molar-refractivity contribution is -0.383. The van der Waals surface area contributed by atoms with Crippen molar-refractivity contribution in [1.82, 2.24) is 0 Å². The number of hydrogen-bond donors (Lipinski definition) is 2. The van der Waals surface area contributed by atoms with E-state index in [1.54, 1.807) is 6.07 Å². The summed E-state index contributed by atoms with van der Waals surface area (Å²) in [4.78, 5) is 22.6. The molecule has 132 valence electrons. The Bertz CT molecular complexity index is 1120. The van der Waals surface area contributed by atoms with Crippen LogP contribution in [-0.2, 0) is 0 Å². The van der Waals surface area contributed by atoms with E-state index >= 15 is 0 Å². The van der Waals surface area contributed by atoms with Gasteiger partial charge in [-0.15, -0.1) is 0 Å².